The molecule has 0 fully saturated rings. The van der Waals surface area contributed by atoms with Crippen LogP contribution in [0, 0.1) is 9.39 Å². The third-order valence-corrected chi connectivity index (χ3v) is 3.52. The van der Waals surface area contributed by atoms with Crippen LogP contribution >= 0.6 is 22.6 Å². The van der Waals surface area contributed by atoms with Crippen molar-refractivity contribution in [3.63, 3.8) is 0 Å². The van der Waals surface area contributed by atoms with Crippen molar-refractivity contribution < 1.29 is 9.50 Å². The number of aliphatic hydroxyl groups excluding tert-OH is 1. The average Bonchev–Trinajstić information content (AvgIpc) is 2.35. The molecule has 94 valence electrons. The number of hydrogen-bond acceptors (Lipinski definition) is 1. The van der Waals surface area contributed by atoms with E-state index in [0.717, 1.165) is 5.56 Å². The molecular formula is C15H14FIO. The summed E-state index contributed by atoms with van der Waals surface area (Å²) in [6, 6.07) is 14.6. The SMILES string of the molecule is OC(Cc1ccc(I)cc1)Cc1ccccc1F. The van der Waals surface area contributed by atoms with Gasteiger partial charge in [0.05, 0.1) is 6.10 Å². The van der Waals surface area contributed by atoms with Crippen LogP contribution in [-0.2, 0) is 12.8 Å². The fraction of sp³-hybridized carbons (Fsp3) is 0.200. The van der Waals surface area contributed by atoms with Crippen molar-refractivity contribution in [1.29, 1.82) is 0 Å². The zero-order valence-corrected chi connectivity index (χ0v) is 12.0. The second-order valence-electron chi connectivity index (χ2n) is 4.28. The molecule has 0 saturated carbocycles. The molecule has 0 aliphatic heterocycles. The van der Waals surface area contributed by atoms with E-state index in [9.17, 15) is 9.50 Å². The lowest BCUT2D eigenvalue weighted by Gasteiger charge is -2.11. The average molecular weight is 356 g/mol. The van der Waals surface area contributed by atoms with Crippen LogP contribution < -0.4 is 0 Å². The van der Waals surface area contributed by atoms with Crippen molar-refractivity contribution in [1.82, 2.24) is 0 Å². The van der Waals surface area contributed by atoms with Gasteiger partial charge in [-0.2, -0.15) is 0 Å². The van der Waals surface area contributed by atoms with Crippen molar-refractivity contribution in [3.05, 3.63) is 69.0 Å². The predicted octanol–water partition coefficient (Wildman–Crippen LogP) is 3.58. The molecule has 0 bridgehead atoms. The number of hydrogen-bond donors (Lipinski definition) is 1. The Labute approximate surface area is 120 Å². The lowest BCUT2D eigenvalue weighted by Crippen LogP contribution is -2.14. The Morgan fingerprint density at radius 2 is 1.67 bits per heavy atom. The zero-order chi connectivity index (χ0) is 13.0. The molecule has 2 rings (SSSR count). The molecule has 0 saturated heterocycles. The fourth-order valence-corrected chi connectivity index (χ4v) is 2.24. The quantitative estimate of drug-likeness (QED) is 0.831. The standard InChI is InChI=1S/C15H14FIO/c16-15-4-2-1-3-12(15)10-14(18)9-11-5-7-13(17)8-6-11/h1-8,14,18H,9-10H2. The van der Waals surface area contributed by atoms with Gasteiger partial charge in [0.15, 0.2) is 0 Å². The summed E-state index contributed by atoms with van der Waals surface area (Å²) >= 11 is 2.24. The van der Waals surface area contributed by atoms with E-state index in [1.54, 1.807) is 18.2 Å². The van der Waals surface area contributed by atoms with Crippen LogP contribution in [0.5, 0.6) is 0 Å². The Kier molecular flexibility index (Phi) is 4.72. The first-order valence-corrected chi connectivity index (χ1v) is 6.89. The first kappa shape index (κ1) is 13.5. The number of benzene rings is 2. The van der Waals surface area contributed by atoms with Crippen molar-refractivity contribution in [2.75, 3.05) is 0 Å². The topological polar surface area (TPSA) is 20.2 Å². The van der Waals surface area contributed by atoms with Crippen LogP contribution in [-0.4, -0.2) is 11.2 Å². The van der Waals surface area contributed by atoms with Crippen molar-refractivity contribution in [3.8, 4) is 0 Å². The maximum Gasteiger partial charge on any atom is 0.126 e. The zero-order valence-electron chi connectivity index (χ0n) is 9.81. The van der Waals surface area contributed by atoms with E-state index in [1.807, 2.05) is 24.3 Å². The minimum atomic E-state index is -0.554. The van der Waals surface area contributed by atoms with Gasteiger partial charge in [0.1, 0.15) is 5.82 Å². The van der Waals surface area contributed by atoms with E-state index < -0.39 is 6.10 Å². The summed E-state index contributed by atoms with van der Waals surface area (Å²) < 4.78 is 14.6. The van der Waals surface area contributed by atoms with E-state index in [0.29, 0.717) is 18.4 Å². The minimum absolute atomic E-state index is 0.251. The molecule has 0 aliphatic carbocycles. The summed E-state index contributed by atoms with van der Waals surface area (Å²) in [5.74, 6) is -0.251. The summed E-state index contributed by atoms with van der Waals surface area (Å²) in [5, 5.41) is 9.98. The summed E-state index contributed by atoms with van der Waals surface area (Å²) in [7, 11) is 0. The molecule has 2 aromatic carbocycles. The fourth-order valence-electron chi connectivity index (χ4n) is 1.88. The molecule has 0 aromatic heterocycles. The largest absolute Gasteiger partial charge is 0.392 e. The molecule has 1 atom stereocenters. The van der Waals surface area contributed by atoms with Crippen LogP contribution in [0.1, 0.15) is 11.1 Å². The summed E-state index contributed by atoms with van der Waals surface area (Å²) in [6.45, 7) is 0. The maximum atomic E-state index is 13.4. The van der Waals surface area contributed by atoms with Crippen molar-refractivity contribution in [2.24, 2.45) is 0 Å². The first-order chi connectivity index (χ1) is 8.65. The molecular weight excluding hydrogens is 342 g/mol. The van der Waals surface area contributed by atoms with Gasteiger partial charge in [-0.3, -0.25) is 0 Å². The molecule has 3 heteroatoms. The third-order valence-electron chi connectivity index (χ3n) is 2.80. The Morgan fingerprint density at radius 3 is 2.33 bits per heavy atom. The highest BCUT2D eigenvalue weighted by atomic mass is 127. The third kappa shape index (κ3) is 3.78. The molecule has 0 amide bonds. The van der Waals surface area contributed by atoms with Gasteiger partial charge in [0.2, 0.25) is 0 Å². The van der Waals surface area contributed by atoms with Crippen LogP contribution in [0.25, 0.3) is 0 Å². The van der Waals surface area contributed by atoms with Crippen LogP contribution in [0.15, 0.2) is 48.5 Å². The lowest BCUT2D eigenvalue weighted by atomic mass is 10.0. The van der Waals surface area contributed by atoms with Gasteiger partial charge in [0, 0.05) is 9.99 Å². The van der Waals surface area contributed by atoms with Crippen LogP contribution in [0.3, 0.4) is 0 Å². The van der Waals surface area contributed by atoms with Gasteiger partial charge in [0.25, 0.3) is 0 Å². The smallest absolute Gasteiger partial charge is 0.126 e. The first-order valence-electron chi connectivity index (χ1n) is 5.81. The highest BCUT2D eigenvalue weighted by Crippen LogP contribution is 2.13. The lowest BCUT2D eigenvalue weighted by molar-refractivity contribution is 0.174. The predicted molar refractivity (Wildman–Crippen MR) is 79.0 cm³/mol. The highest BCUT2D eigenvalue weighted by molar-refractivity contribution is 14.1. The molecule has 0 heterocycles. The van der Waals surface area contributed by atoms with Crippen LogP contribution in [0.2, 0.25) is 0 Å². The second kappa shape index (κ2) is 6.29. The van der Waals surface area contributed by atoms with Gasteiger partial charge in [-0.05, 0) is 58.3 Å². The molecule has 1 N–H and O–H groups in total. The number of aliphatic hydroxyl groups is 1. The van der Waals surface area contributed by atoms with Gasteiger partial charge in [-0.25, -0.2) is 4.39 Å². The minimum Gasteiger partial charge on any atom is -0.392 e. The molecule has 18 heavy (non-hydrogen) atoms. The maximum absolute atomic E-state index is 13.4. The number of halogens is 2. The molecule has 2 aromatic rings. The van der Waals surface area contributed by atoms with E-state index in [1.165, 1.54) is 9.64 Å². The Hall–Kier alpha value is -0.940. The van der Waals surface area contributed by atoms with Gasteiger partial charge >= 0.3 is 0 Å². The van der Waals surface area contributed by atoms with Gasteiger partial charge in [-0.1, -0.05) is 30.3 Å². The summed E-state index contributed by atoms with van der Waals surface area (Å²) in [6.07, 6.45) is 0.339. The summed E-state index contributed by atoms with van der Waals surface area (Å²) in [5.41, 5.74) is 1.63. The van der Waals surface area contributed by atoms with E-state index in [-0.39, 0.29) is 5.82 Å². The van der Waals surface area contributed by atoms with Crippen molar-refractivity contribution in [2.45, 2.75) is 18.9 Å². The van der Waals surface area contributed by atoms with E-state index >= 15 is 0 Å². The second-order valence-corrected chi connectivity index (χ2v) is 5.53. The molecule has 0 aliphatic rings. The molecule has 1 nitrogen and oxygen atoms in total. The Balaban J connectivity index is 1.99. The Bertz CT molecular complexity index is 510. The van der Waals surface area contributed by atoms with Crippen LogP contribution in [0.4, 0.5) is 4.39 Å². The molecule has 0 spiro atoms. The van der Waals surface area contributed by atoms with E-state index in [2.05, 4.69) is 22.6 Å². The monoisotopic (exact) mass is 356 g/mol. The Morgan fingerprint density at radius 1 is 1.00 bits per heavy atom. The van der Waals surface area contributed by atoms with Gasteiger partial charge in [-0.15, -0.1) is 0 Å². The van der Waals surface area contributed by atoms with Crippen molar-refractivity contribution >= 4 is 22.6 Å². The van der Waals surface area contributed by atoms with E-state index in [4.69, 9.17) is 0 Å². The molecule has 0 radical (unpaired) electrons. The normalized spacial score (nSPS) is 12.4. The highest BCUT2D eigenvalue weighted by Gasteiger charge is 2.09. The number of rotatable bonds is 4. The van der Waals surface area contributed by atoms with Gasteiger partial charge < -0.3 is 5.11 Å². The molecule has 1 unspecified atom stereocenters. The summed E-state index contributed by atoms with van der Waals surface area (Å²) in [4.78, 5) is 0.